The molecule has 0 saturated heterocycles. The molecule has 0 bridgehead atoms. The summed E-state index contributed by atoms with van der Waals surface area (Å²) in [6, 6.07) is 0. The molecule has 10 nitrogen and oxygen atoms in total. The van der Waals surface area contributed by atoms with Crippen molar-refractivity contribution in [1.82, 2.24) is 4.90 Å². The van der Waals surface area contributed by atoms with Gasteiger partial charge in [-0.2, -0.15) is 4.90 Å². The van der Waals surface area contributed by atoms with Crippen LogP contribution in [-0.4, -0.2) is 70.9 Å². The lowest BCUT2D eigenvalue weighted by molar-refractivity contribution is -0.150. The molecule has 1 fully saturated rings. The van der Waals surface area contributed by atoms with Crippen molar-refractivity contribution in [1.29, 1.82) is 0 Å². The number of ether oxygens (including phenoxy) is 3. The van der Waals surface area contributed by atoms with Gasteiger partial charge in [-0.15, -0.1) is 0 Å². The van der Waals surface area contributed by atoms with E-state index in [1.807, 2.05) is 0 Å². The first-order valence-corrected chi connectivity index (χ1v) is 12.8. The van der Waals surface area contributed by atoms with Crippen molar-refractivity contribution in [2.75, 3.05) is 13.3 Å². The van der Waals surface area contributed by atoms with Crippen LogP contribution in [0.2, 0.25) is 0 Å². The normalized spacial score (nSPS) is 23.0. The zero-order chi connectivity index (χ0) is 26.9. The Labute approximate surface area is 201 Å². The third kappa shape index (κ3) is 7.39. The number of esters is 1. The van der Waals surface area contributed by atoms with Gasteiger partial charge >= 0.3 is 25.8 Å². The Morgan fingerprint density at radius 3 is 1.59 bits per heavy atom. The zero-order valence-electron chi connectivity index (χ0n) is 22.0. The number of carbonyl (C=O) groups excluding carboxylic acids is 3. The van der Waals surface area contributed by atoms with Crippen molar-refractivity contribution < 1.29 is 46.6 Å². The largest absolute Gasteiger partial charge is 0.467 e. The number of carbonyl (C=O) groups is 3. The van der Waals surface area contributed by atoms with Gasteiger partial charge in [-0.3, -0.25) is 4.57 Å². The Kier molecular flexibility index (Phi) is 9.02. The quantitative estimate of drug-likeness (QED) is 0.245. The highest BCUT2D eigenvalue weighted by molar-refractivity contribution is 7.54. The summed E-state index contributed by atoms with van der Waals surface area (Å²) < 4.78 is 56.0. The molecule has 0 aromatic rings. The minimum absolute atomic E-state index is 0.282. The van der Waals surface area contributed by atoms with E-state index in [0.29, 0.717) is 0 Å². The van der Waals surface area contributed by atoms with Gasteiger partial charge in [0.1, 0.15) is 11.2 Å². The fourth-order valence-electron chi connectivity index (χ4n) is 3.39. The van der Waals surface area contributed by atoms with Crippen molar-refractivity contribution in [2.45, 2.75) is 110 Å². The maximum absolute atomic E-state index is 16.4. The highest BCUT2D eigenvalue weighted by atomic mass is 31.2. The molecule has 1 rings (SSSR count). The molecule has 1 aliphatic rings. The van der Waals surface area contributed by atoms with Crippen molar-refractivity contribution in [3.8, 4) is 0 Å². The first-order chi connectivity index (χ1) is 15.1. The summed E-state index contributed by atoms with van der Waals surface area (Å²) in [5.74, 6) is -1.23. The number of rotatable bonds is 8. The minimum Gasteiger partial charge on any atom is -0.467 e. The van der Waals surface area contributed by atoms with E-state index in [9.17, 15) is 18.9 Å². The van der Waals surface area contributed by atoms with Crippen LogP contribution < -0.4 is 0 Å². The summed E-state index contributed by atoms with van der Waals surface area (Å²) in [4.78, 5) is 39.4. The standard InChI is InChI=1S/C22H39FNO9P/c1-14(2)32-34(28,33-15(3)4)13-21(23)12-22(21,16(25)29-11)24(17(26)30-19(5,6)7)18(27)31-20(8,9)10/h14-15H,12-13H2,1-11H3/t21-,22?/m1/s1. The van der Waals surface area contributed by atoms with E-state index in [1.165, 1.54) is 0 Å². The van der Waals surface area contributed by atoms with Crippen LogP contribution in [-0.2, 0) is 32.6 Å². The smallest absolute Gasteiger partial charge is 0.420 e. The third-order valence-electron chi connectivity index (χ3n) is 4.40. The van der Waals surface area contributed by atoms with Gasteiger partial charge in [-0.05, 0) is 69.2 Å². The fraction of sp³-hybridized carbons (Fsp3) is 0.864. The number of halogens is 1. The van der Waals surface area contributed by atoms with Crippen LogP contribution in [0.5, 0.6) is 0 Å². The number of methoxy groups -OCH3 is 1. The maximum atomic E-state index is 16.4. The average Bonchev–Trinajstić information content (AvgIpc) is 3.13. The Morgan fingerprint density at radius 2 is 1.29 bits per heavy atom. The number of imide groups is 1. The van der Waals surface area contributed by atoms with Crippen LogP contribution in [0.25, 0.3) is 0 Å². The molecule has 198 valence electrons. The van der Waals surface area contributed by atoms with Gasteiger partial charge in [-0.1, -0.05) is 0 Å². The van der Waals surface area contributed by atoms with Crippen molar-refractivity contribution >= 4 is 25.8 Å². The molecule has 0 aliphatic heterocycles. The van der Waals surface area contributed by atoms with Crippen LogP contribution in [0.1, 0.15) is 75.7 Å². The Hall–Kier alpha value is -1.71. The molecular weight excluding hydrogens is 472 g/mol. The second-order valence-electron chi connectivity index (χ2n) is 10.9. The van der Waals surface area contributed by atoms with E-state index in [2.05, 4.69) is 0 Å². The number of hydrogen-bond donors (Lipinski definition) is 0. The molecule has 2 atom stereocenters. The summed E-state index contributed by atoms with van der Waals surface area (Å²) in [7, 11) is -3.13. The predicted molar refractivity (Wildman–Crippen MR) is 122 cm³/mol. The lowest BCUT2D eigenvalue weighted by Crippen LogP contribution is -2.57. The SMILES string of the molecule is COC(=O)C1(N(C(=O)OC(C)(C)C)C(=O)OC(C)(C)C)C[C@@]1(F)CP(=O)(OC(C)C)OC(C)C. The van der Waals surface area contributed by atoms with Crippen molar-refractivity contribution in [2.24, 2.45) is 0 Å². The monoisotopic (exact) mass is 511 g/mol. The van der Waals surface area contributed by atoms with Gasteiger partial charge in [0, 0.05) is 6.42 Å². The first-order valence-electron chi connectivity index (χ1n) is 11.1. The molecule has 1 unspecified atom stereocenters. The molecule has 2 amide bonds. The number of hydrogen-bond acceptors (Lipinski definition) is 9. The van der Waals surface area contributed by atoms with Gasteiger partial charge in [0.05, 0.1) is 25.5 Å². The first kappa shape index (κ1) is 30.3. The van der Waals surface area contributed by atoms with Crippen LogP contribution in [0.15, 0.2) is 0 Å². The van der Waals surface area contributed by atoms with Gasteiger partial charge < -0.3 is 23.3 Å². The number of nitrogens with zero attached hydrogens (tertiary/aromatic N) is 1. The molecule has 0 aromatic carbocycles. The van der Waals surface area contributed by atoms with E-state index in [-0.39, 0.29) is 4.90 Å². The van der Waals surface area contributed by atoms with Crippen LogP contribution in [0.4, 0.5) is 14.0 Å². The molecule has 0 aromatic heterocycles. The summed E-state index contributed by atoms with van der Waals surface area (Å²) in [5.41, 5.74) is -7.34. The fourth-order valence-corrected chi connectivity index (χ4v) is 5.86. The van der Waals surface area contributed by atoms with E-state index < -0.39 is 73.0 Å². The summed E-state index contributed by atoms with van der Waals surface area (Å²) in [6.07, 6.45) is -5.39. The van der Waals surface area contributed by atoms with Gasteiger partial charge in [0.25, 0.3) is 0 Å². The molecule has 0 heterocycles. The van der Waals surface area contributed by atoms with E-state index in [0.717, 1.165) is 7.11 Å². The second kappa shape index (κ2) is 10.1. The highest BCUT2D eigenvalue weighted by Gasteiger charge is 2.82. The number of amides is 2. The maximum Gasteiger partial charge on any atom is 0.420 e. The van der Waals surface area contributed by atoms with Crippen LogP contribution >= 0.6 is 7.60 Å². The van der Waals surface area contributed by atoms with E-state index >= 15 is 4.39 Å². The summed E-state index contributed by atoms with van der Waals surface area (Å²) in [6.45, 7) is 15.6. The molecule has 34 heavy (non-hydrogen) atoms. The molecule has 0 N–H and O–H groups in total. The zero-order valence-corrected chi connectivity index (χ0v) is 22.9. The molecule has 0 spiro atoms. The van der Waals surface area contributed by atoms with Crippen molar-refractivity contribution in [3.63, 3.8) is 0 Å². The van der Waals surface area contributed by atoms with Crippen LogP contribution in [0.3, 0.4) is 0 Å². The lowest BCUT2D eigenvalue weighted by atomic mass is 10.1. The minimum atomic E-state index is -4.12. The molecule has 1 saturated carbocycles. The molecule has 0 radical (unpaired) electrons. The Bertz CT molecular complexity index is 791. The summed E-state index contributed by atoms with van der Waals surface area (Å²) >= 11 is 0. The molecule has 12 heteroatoms. The van der Waals surface area contributed by atoms with Gasteiger partial charge in [0.15, 0.2) is 11.2 Å². The van der Waals surface area contributed by atoms with E-state index in [4.69, 9.17) is 23.3 Å². The summed E-state index contributed by atoms with van der Waals surface area (Å²) in [5, 5.41) is 0. The predicted octanol–water partition coefficient (Wildman–Crippen LogP) is 5.23. The molecule has 1 aliphatic carbocycles. The van der Waals surface area contributed by atoms with Gasteiger partial charge in [0.2, 0.25) is 0 Å². The third-order valence-corrected chi connectivity index (χ3v) is 6.77. The van der Waals surface area contributed by atoms with Crippen LogP contribution in [0, 0.1) is 0 Å². The van der Waals surface area contributed by atoms with E-state index in [1.54, 1.807) is 69.2 Å². The van der Waals surface area contributed by atoms with Gasteiger partial charge in [-0.25, -0.2) is 18.8 Å². The number of alkyl halides is 1. The molecular formula is C22H39FNO9P. The Morgan fingerprint density at radius 1 is 0.912 bits per heavy atom. The second-order valence-corrected chi connectivity index (χ2v) is 12.8. The average molecular weight is 512 g/mol. The lowest BCUT2D eigenvalue weighted by Gasteiger charge is -2.34. The van der Waals surface area contributed by atoms with Crippen molar-refractivity contribution in [3.05, 3.63) is 0 Å². The highest BCUT2D eigenvalue weighted by Crippen LogP contribution is 2.65. The Balaban J connectivity index is 3.59. The topological polar surface area (TPSA) is 118 Å².